The number of halogens is 1. The van der Waals surface area contributed by atoms with Crippen molar-refractivity contribution < 1.29 is 0 Å². The highest BCUT2D eigenvalue weighted by Gasteiger charge is 2.14. The Hall–Kier alpha value is -0.760. The van der Waals surface area contributed by atoms with Gasteiger partial charge in [-0.1, -0.05) is 6.92 Å². The Morgan fingerprint density at radius 1 is 1.41 bits per heavy atom. The van der Waals surface area contributed by atoms with Crippen LogP contribution < -0.4 is 0 Å². The van der Waals surface area contributed by atoms with E-state index in [9.17, 15) is 0 Å². The lowest BCUT2D eigenvalue weighted by Gasteiger charge is -2.00. The van der Waals surface area contributed by atoms with E-state index < -0.39 is 0 Å². The molecule has 0 aliphatic carbocycles. The molecule has 0 aliphatic heterocycles. The van der Waals surface area contributed by atoms with Gasteiger partial charge in [-0.05, 0) is 12.0 Å². The second kappa shape index (κ2) is 4.16. The van der Waals surface area contributed by atoms with Gasteiger partial charge in [-0.15, -0.1) is 0 Å². The number of pyridine rings is 1. The SMILES string of the molecule is CCc1cn(SI)c2ncc3cnn(C)c3c12. The van der Waals surface area contributed by atoms with Gasteiger partial charge in [0.15, 0.2) is 5.65 Å². The number of aromatic nitrogens is 4. The molecule has 6 heteroatoms. The van der Waals surface area contributed by atoms with Crippen molar-refractivity contribution >= 4 is 52.3 Å². The van der Waals surface area contributed by atoms with Crippen LogP contribution in [0.3, 0.4) is 0 Å². The minimum atomic E-state index is 1.01. The predicted molar refractivity (Wildman–Crippen MR) is 80.4 cm³/mol. The molecule has 3 rings (SSSR count). The molecule has 0 bridgehead atoms. The van der Waals surface area contributed by atoms with E-state index in [2.05, 4.69) is 48.4 Å². The van der Waals surface area contributed by atoms with Gasteiger partial charge in [-0.25, -0.2) is 4.98 Å². The second-order valence-corrected chi connectivity index (χ2v) is 5.64. The number of nitrogens with zero attached hydrogens (tertiary/aromatic N) is 4. The van der Waals surface area contributed by atoms with E-state index in [-0.39, 0.29) is 0 Å². The molecular weight excluding hydrogens is 347 g/mol. The number of aryl methyl sites for hydroxylation is 2. The van der Waals surface area contributed by atoms with E-state index in [1.165, 1.54) is 16.5 Å². The molecule has 0 radical (unpaired) electrons. The molecular formula is C11H11IN4S. The first-order chi connectivity index (χ1) is 8.26. The van der Waals surface area contributed by atoms with Crippen molar-refractivity contribution in [2.45, 2.75) is 13.3 Å². The average Bonchev–Trinajstić information content (AvgIpc) is 2.89. The van der Waals surface area contributed by atoms with Gasteiger partial charge in [-0.3, -0.25) is 8.65 Å². The van der Waals surface area contributed by atoms with Crippen molar-refractivity contribution in [1.82, 2.24) is 18.7 Å². The van der Waals surface area contributed by atoms with Gasteiger partial charge in [0.05, 0.1) is 11.7 Å². The third-order valence-corrected chi connectivity index (χ3v) is 4.71. The van der Waals surface area contributed by atoms with Crippen molar-refractivity contribution in [1.29, 1.82) is 0 Å². The molecule has 3 aromatic rings. The van der Waals surface area contributed by atoms with E-state index in [1.807, 2.05) is 24.1 Å². The molecule has 0 saturated heterocycles. The molecule has 0 saturated carbocycles. The molecule has 0 amide bonds. The standard InChI is InChI=1S/C11H11IN4S/c1-3-7-6-16(17-12)11-9(7)10-8(4-13-11)5-14-15(10)2/h4-6H,3H2,1-2H3. The molecule has 0 aliphatic rings. The van der Waals surface area contributed by atoms with Crippen molar-refractivity contribution in [3.8, 4) is 0 Å². The zero-order chi connectivity index (χ0) is 12.0. The van der Waals surface area contributed by atoms with Crippen molar-refractivity contribution in [3.63, 3.8) is 0 Å². The average molecular weight is 358 g/mol. The summed E-state index contributed by atoms with van der Waals surface area (Å²) in [4.78, 5) is 4.55. The summed E-state index contributed by atoms with van der Waals surface area (Å²) >= 11 is 2.28. The highest BCUT2D eigenvalue weighted by Crippen LogP contribution is 2.32. The third kappa shape index (κ3) is 1.57. The van der Waals surface area contributed by atoms with Crippen LogP contribution in [0.4, 0.5) is 0 Å². The molecule has 4 nitrogen and oxygen atoms in total. The largest absolute Gasteiger partial charge is 0.267 e. The van der Waals surface area contributed by atoms with Gasteiger partial charge >= 0.3 is 0 Å². The third-order valence-electron chi connectivity index (χ3n) is 3.01. The number of hydrogen-bond acceptors (Lipinski definition) is 3. The van der Waals surface area contributed by atoms with Gasteiger partial charge in [-0.2, -0.15) is 5.10 Å². The minimum absolute atomic E-state index is 1.01. The van der Waals surface area contributed by atoms with Crippen LogP contribution in [0, 0.1) is 0 Å². The monoisotopic (exact) mass is 358 g/mol. The minimum Gasteiger partial charge on any atom is -0.267 e. The Morgan fingerprint density at radius 3 is 2.94 bits per heavy atom. The summed E-state index contributed by atoms with van der Waals surface area (Å²) in [6, 6.07) is 0. The van der Waals surface area contributed by atoms with Gasteiger partial charge in [0.2, 0.25) is 0 Å². The zero-order valence-corrected chi connectivity index (χ0v) is 12.5. The fourth-order valence-corrected chi connectivity index (χ4v) is 3.48. The number of fused-ring (bicyclic) bond motifs is 3. The van der Waals surface area contributed by atoms with Gasteiger partial charge in [0.1, 0.15) is 0 Å². The first-order valence-electron chi connectivity index (χ1n) is 5.36. The van der Waals surface area contributed by atoms with E-state index >= 15 is 0 Å². The summed E-state index contributed by atoms with van der Waals surface area (Å²) in [7, 11) is 3.63. The van der Waals surface area contributed by atoms with Crippen LogP contribution in [-0.2, 0) is 13.5 Å². The molecule has 0 unspecified atom stereocenters. The van der Waals surface area contributed by atoms with E-state index in [0.29, 0.717) is 0 Å². The molecule has 3 aromatic heterocycles. The molecule has 0 atom stereocenters. The summed E-state index contributed by atoms with van der Waals surface area (Å²) < 4.78 is 4.04. The van der Waals surface area contributed by atoms with E-state index in [0.717, 1.165) is 17.5 Å². The van der Waals surface area contributed by atoms with Crippen LogP contribution in [0.1, 0.15) is 12.5 Å². The molecule has 0 spiro atoms. The van der Waals surface area contributed by atoms with Crippen molar-refractivity contribution in [2.24, 2.45) is 7.05 Å². The maximum atomic E-state index is 4.55. The van der Waals surface area contributed by atoms with Crippen LogP contribution in [-0.4, -0.2) is 18.7 Å². The van der Waals surface area contributed by atoms with E-state index in [1.54, 1.807) is 9.12 Å². The van der Waals surface area contributed by atoms with Crippen LogP contribution in [0.5, 0.6) is 0 Å². The Morgan fingerprint density at radius 2 is 2.24 bits per heavy atom. The lowest BCUT2D eigenvalue weighted by Crippen LogP contribution is -1.91. The van der Waals surface area contributed by atoms with Crippen molar-refractivity contribution in [3.05, 3.63) is 24.2 Å². The van der Waals surface area contributed by atoms with Crippen LogP contribution in [0.2, 0.25) is 0 Å². The Balaban J connectivity index is 2.55. The highest BCUT2D eigenvalue weighted by molar-refractivity contribution is 14.2. The zero-order valence-electron chi connectivity index (χ0n) is 9.51. The smallest absolute Gasteiger partial charge is 0.153 e. The molecule has 0 aromatic carbocycles. The Kier molecular flexibility index (Phi) is 2.78. The lowest BCUT2D eigenvalue weighted by atomic mass is 10.1. The molecule has 3 heterocycles. The Bertz CT molecular complexity index is 700. The van der Waals surface area contributed by atoms with Crippen LogP contribution >= 0.6 is 30.3 Å². The van der Waals surface area contributed by atoms with E-state index in [4.69, 9.17) is 0 Å². The quantitative estimate of drug-likeness (QED) is 0.660. The summed E-state index contributed by atoms with van der Waals surface area (Å²) in [6.45, 7) is 2.17. The molecule has 0 N–H and O–H groups in total. The van der Waals surface area contributed by atoms with Crippen LogP contribution in [0.25, 0.3) is 21.9 Å². The summed E-state index contributed by atoms with van der Waals surface area (Å²) in [5, 5.41) is 6.65. The normalized spacial score (nSPS) is 11.7. The highest BCUT2D eigenvalue weighted by atomic mass is 127. The molecule has 17 heavy (non-hydrogen) atoms. The van der Waals surface area contributed by atoms with Gasteiger partial charge < -0.3 is 0 Å². The fraction of sp³-hybridized carbons (Fsp3) is 0.273. The predicted octanol–water partition coefficient (Wildman–Crippen LogP) is 3.33. The van der Waals surface area contributed by atoms with Gasteiger partial charge in [0, 0.05) is 60.5 Å². The summed E-state index contributed by atoms with van der Waals surface area (Å²) in [5.41, 5.74) is 3.53. The fourth-order valence-electron chi connectivity index (χ4n) is 2.21. The molecule has 0 fully saturated rings. The van der Waals surface area contributed by atoms with Gasteiger partial charge in [0.25, 0.3) is 0 Å². The maximum absolute atomic E-state index is 4.55. The summed E-state index contributed by atoms with van der Waals surface area (Å²) in [5.74, 6) is 0. The summed E-state index contributed by atoms with van der Waals surface area (Å²) in [6.07, 6.45) is 6.94. The first-order valence-corrected chi connectivity index (χ1v) is 8.67. The topological polar surface area (TPSA) is 35.6 Å². The Labute approximate surface area is 115 Å². The lowest BCUT2D eigenvalue weighted by molar-refractivity contribution is 0.799. The molecule has 88 valence electrons. The number of rotatable bonds is 2. The van der Waals surface area contributed by atoms with Crippen molar-refractivity contribution in [2.75, 3.05) is 0 Å². The van der Waals surface area contributed by atoms with Crippen LogP contribution in [0.15, 0.2) is 18.6 Å². The second-order valence-electron chi connectivity index (χ2n) is 3.93. The first kappa shape index (κ1) is 11.3. The maximum Gasteiger partial charge on any atom is 0.153 e. The number of hydrogen-bond donors (Lipinski definition) is 0.